The van der Waals surface area contributed by atoms with Crippen LogP contribution in [-0.2, 0) is 0 Å². The van der Waals surface area contributed by atoms with E-state index in [-0.39, 0.29) is 5.91 Å². The molecule has 0 aromatic carbocycles. The van der Waals surface area contributed by atoms with Crippen LogP contribution in [0.3, 0.4) is 0 Å². The minimum absolute atomic E-state index is 0.208. The number of rotatable bonds is 2. The van der Waals surface area contributed by atoms with Crippen LogP contribution in [0.2, 0.25) is 0 Å². The SMILES string of the molecule is Cc1n[nH]cc1C(=O)Nc1ccccn1. The van der Waals surface area contributed by atoms with Crippen LogP contribution in [0.1, 0.15) is 16.1 Å². The average Bonchev–Trinajstić information content (AvgIpc) is 2.66. The summed E-state index contributed by atoms with van der Waals surface area (Å²) in [5.74, 6) is 0.322. The Morgan fingerprint density at radius 2 is 2.33 bits per heavy atom. The van der Waals surface area contributed by atoms with Crippen LogP contribution in [0.15, 0.2) is 30.6 Å². The number of hydrogen-bond donors (Lipinski definition) is 2. The Kier molecular flexibility index (Phi) is 2.45. The van der Waals surface area contributed by atoms with Crippen LogP contribution in [0.25, 0.3) is 0 Å². The lowest BCUT2D eigenvalue weighted by Crippen LogP contribution is -2.13. The maximum Gasteiger partial charge on any atom is 0.260 e. The average molecular weight is 202 g/mol. The summed E-state index contributed by atoms with van der Waals surface area (Å²) in [7, 11) is 0. The van der Waals surface area contributed by atoms with E-state index >= 15 is 0 Å². The maximum absolute atomic E-state index is 11.7. The van der Waals surface area contributed by atoms with Crippen LogP contribution >= 0.6 is 0 Å². The number of carbonyl (C=O) groups is 1. The molecule has 0 unspecified atom stereocenters. The van der Waals surface area contributed by atoms with Crippen LogP contribution in [0.5, 0.6) is 0 Å². The zero-order chi connectivity index (χ0) is 10.7. The van der Waals surface area contributed by atoms with Gasteiger partial charge in [0.1, 0.15) is 5.82 Å². The van der Waals surface area contributed by atoms with Gasteiger partial charge in [-0.25, -0.2) is 4.98 Å². The number of H-pyrrole nitrogens is 1. The molecule has 2 aromatic rings. The van der Waals surface area contributed by atoms with E-state index in [2.05, 4.69) is 20.5 Å². The van der Waals surface area contributed by atoms with Gasteiger partial charge in [0.05, 0.1) is 11.3 Å². The summed E-state index contributed by atoms with van der Waals surface area (Å²) in [6, 6.07) is 5.33. The molecule has 5 nitrogen and oxygen atoms in total. The Labute approximate surface area is 86.5 Å². The Hall–Kier alpha value is -2.17. The molecule has 2 heterocycles. The van der Waals surface area contributed by atoms with Gasteiger partial charge < -0.3 is 5.32 Å². The largest absolute Gasteiger partial charge is 0.306 e. The summed E-state index contributed by atoms with van der Waals surface area (Å²) in [4.78, 5) is 15.7. The van der Waals surface area contributed by atoms with E-state index in [1.54, 1.807) is 31.5 Å². The summed E-state index contributed by atoms with van der Waals surface area (Å²) in [6.07, 6.45) is 3.19. The number of amides is 1. The molecule has 5 heteroatoms. The molecular formula is C10H10N4O. The van der Waals surface area contributed by atoms with Gasteiger partial charge in [-0.05, 0) is 19.1 Å². The van der Waals surface area contributed by atoms with Crippen molar-refractivity contribution in [2.45, 2.75) is 6.92 Å². The molecule has 0 atom stereocenters. The summed E-state index contributed by atoms with van der Waals surface area (Å²) in [6.45, 7) is 1.77. The number of hydrogen-bond acceptors (Lipinski definition) is 3. The highest BCUT2D eigenvalue weighted by molar-refractivity contribution is 6.04. The number of nitrogens with zero attached hydrogens (tertiary/aromatic N) is 2. The summed E-state index contributed by atoms with van der Waals surface area (Å²) in [5.41, 5.74) is 1.20. The van der Waals surface area contributed by atoms with E-state index in [9.17, 15) is 4.79 Å². The number of carbonyl (C=O) groups excluding carboxylic acids is 1. The van der Waals surface area contributed by atoms with Gasteiger partial charge in [-0.3, -0.25) is 9.89 Å². The third-order valence-corrected chi connectivity index (χ3v) is 1.98. The first-order valence-electron chi connectivity index (χ1n) is 4.50. The van der Waals surface area contributed by atoms with Gasteiger partial charge in [0, 0.05) is 12.4 Å². The molecular weight excluding hydrogens is 192 g/mol. The van der Waals surface area contributed by atoms with Crippen LogP contribution < -0.4 is 5.32 Å². The number of aryl methyl sites for hydroxylation is 1. The van der Waals surface area contributed by atoms with E-state index in [0.717, 1.165) is 0 Å². The second-order valence-corrected chi connectivity index (χ2v) is 3.05. The number of pyridine rings is 1. The number of nitrogens with one attached hydrogen (secondary N) is 2. The van der Waals surface area contributed by atoms with Crippen molar-refractivity contribution < 1.29 is 4.79 Å². The van der Waals surface area contributed by atoms with Crippen LogP contribution in [-0.4, -0.2) is 21.1 Å². The molecule has 0 fully saturated rings. The van der Waals surface area contributed by atoms with Crippen molar-refractivity contribution in [1.29, 1.82) is 0 Å². The van der Waals surface area contributed by atoms with Gasteiger partial charge in [0.25, 0.3) is 5.91 Å². The molecule has 76 valence electrons. The normalized spacial score (nSPS) is 9.93. The first-order valence-corrected chi connectivity index (χ1v) is 4.50. The molecule has 15 heavy (non-hydrogen) atoms. The Balaban J connectivity index is 2.15. The predicted octanol–water partition coefficient (Wildman–Crippen LogP) is 1.37. The van der Waals surface area contributed by atoms with E-state index in [4.69, 9.17) is 0 Å². The van der Waals surface area contributed by atoms with Crippen LogP contribution in [0.4, 0.5) is 5.82 Å². The zero-order valence-corrected chi connectivity index (χ0v) is 8.19. The molecule has 1 amide bonds. The molecule has 0 saturated carbocycles. The van der Waals surface area contributed by atoms with Crippen molar-refractivity contribution in [2.75, 3.05) is 5.32 Å². The van der Waals surface area contributed by atoms with Crippen molar-refractivity contribution in [3.05, 3.63) is 41.9 Å². The highest BCUT2D eigenvalue weighted by Crippen LogP contribution is 2.07. The van der Waals surface area contributed by atoms with Crippen molar-refractivity contribution in [3.63, 3.8) is 0 Å². The first kappa shape index (κ1) is 9.39. The van der Waals surface area contributed by atoms with Gasteiger partial charge in [-0.2, -0.15) is 5.10 Å². The molecule has 0 aliphatic rings. The number of aromatic nitrogens is 3. The van der Waals surface area contributed by atoms with Gasteiger partial charge in [-0.15, -0.1) is 0 Å². The lowest BCUT2D eigenvalue weighted by molar-refractivity contribution is 0.102. The zero-order valence-electron chi connectivity index (χ0n) is 8.19. The monoisotopic (exact) mass is 202 g/mol. The quantitative estimate of drug-likeness (QED) is 0.772. The second-order valence-electron chi connectivity index (χ2n) is 3.05. The summed E-state index contributed by atoms with van der Waals surface area (Å²) in [5, 5.41) is 9.18. The molecule has 0 bridgehead atoms. The fraction of sp³-hybridized carbons (Fsp3) is 0.100. The highest BCUT2D eigenvalue weighted by atomic mass is 16.1. The Morgan fingerprint density at radius 3 is 2.93 bits per heavy atom. The van der Waals surface area contributed by atoms with Gasteiger partial charge in [0.15, 0.2) is 0 Å². The van der Waals surface area contributed by atoms with Crippen LogP contribution in [0, 0.1) is 6.92 Å². The van der Waals surface area contributed by atoms with Crippen molar-refractivity contribution in [2.24, 2.45) is 0 Å². The van der Waals surface area contributed by atoms with E-state index < -0.39 is 0 Å². The topological polar surface area (TPSA) is 70.7 Å². The Morgan fingerprint density at radius 1 is 1.47 bits per heavy atom. The lowest BCUT2D eigenvalue weighted by atomic mass is 10.2. The minimum Gasteiger partial charge on any atom is -0.306 e. The van der Waals surface area contributed by atoms with Gasteiger partial charge in [-0.1, -0.05) is 6.07 Å². The van der Waals surface area contributed by atoms with Crippen molar-refractivity contribution >= 4 is 11.7 Å². The smallest absolute Gasteiger partial charge is 0.260 e. The van der Waals surface area contributed by atoms with Gasteiger partial charge in [0.2, 0.25) is 0 Å². The third kappa shape index (κ3) is 2.01. The summed E-state index contributed by atoms with van der Waals surface area (Å²) >= 11 is 0. The second kappa shape index (κ2) is 3.91. The maximum atomic E-state index is 11.7. The Bertz CT molecular complexity index is 463. The molecule has 2 aromatic heterocycles. The third-order valence-electron chi connectivity index (χ3n) is 1.98. The molecule has 0 radical (unpaired) electrons. The fourth-order valence-electron chi connectivity index (χ4n) is 1.21. The minimum atomic E-state index is -0.208. The van der Waals surface area contributed by atoms with Gasteiger partial charge >= 0.3 is 0 Å². The number of aromatic amines is 1. The lowest BCUT2D eigenvalue weighted by Gasteiger charge is -2.01. The molecule has 0 spiro atoms. The number of anilines is 1. The molecule has 2 rings (SSSR count). The molecule has 0 aliphatic carbocycles. The standard InChI is InChI=1S/C10H10N4O/c1-7-8(6-12-14-7)10(15)13-9-4-2-3-5-11-9/h2-6H,1H3,(H,12,14)(H,11,13,15). The molecule has 0 aliphatic heterocycles. The highest BCUT2D eigenvalue weighted by Gasteiger charge is 2.10. The molecule has 0 saturated heterocycles. The predicted molar refractivity (Wildman–Crippen MR) is 55.5 cm³/mol. The van der Waals surface area contributed by atoms with Crippen molar-refractivity contribution in [1.82, 2.24) is 15.2 Å². The van der Waals surface area contributed by atoms with E-state index in [1.165, 1.54) is 0 Å². The van der Waals surface area contributed by atoms with E-state index in [0.29, 0.717) is 17.1 Å². The first-order chi connectivity index (χ1) is 7.27. The summed E-state index contributed by atoms with van der Waals surface area (Å²) < 4.78 is 0. The van der Waals surface area contributed by atoms with E-state index in [1.807, 2.05) is 6.07 Å². The van der Waals surface area contributed by atoms with Crippen molar-refractivity contribution in [3.8, 4) is 0 Å². The fourth-order valence-corrected chi connectivity index (χ4v) is 1.21. The molecule has 2 N–H and O–H groups in total.